The average molecular weight is 520 g/mol. The van der Waals surface area contributed by atoms with E-state index in [1.165, 1.54) is 15.6 Å². The number of hydrogen-bond acceptors (Lipinski definition) is 7. The van der Waals surface area contributed by atoms with Crippen LogP contribution in [0.2, 0.25) is 0 Å². The SMILES string of the molecule is C=CC(=O)N1CCn2nc(-c3nc(OS(=O)(=O)C(F)(F)F)c4scc(F)c4c3C=CF)cc2C1. The molecule has 0 aromatic carbocycles. The van der Waals surface area contributed by atoms with Crippen LogP contribution in [-0.2, 0) is 28.0 Å². The molecule has 4 heterocycles. The van der Waals surface area contributed by atoms with Gasteiger partial charge in [0.15, 0.2) is 0 Å². The number of amides is 1. The number of thiophene rings is 1. The minimum Gasteiger partial charge on any atom is -0.354 e. The summed E-state index contributed by atoms with van der Waals surface area (Å²) in [6.07, 6.45) is 2.04. The Hall–Kier alpha value is -3.33. The van der Waals surface area contributed by atoms with Crippen molar-refractivity contribution < 1.29 is 39.3 Å². The molecule has 1 aliphatic rings. The number of pyridine rings is 1. The van der Waals surface area contributed by atoms with Crippen LogP contribution in [0.3, 0.4) is 0 Å². The summed E-state index contributed by atoms with van der Waals surface area (Å²) >= 11 is 0.539. The number of halogens is 5. The molecule has 1 aliphatic heterocycles. The van der Waals surface area contributed by atoms with Crippen molar-refractivity contribution in [1.29, 1.82) is 0 Å². The van der Waals surface area contributed by atoms with E-state index in [0.29, 0.717) is 23.6 Å². The van der Waals surface area contributed by atoms with Gasteiger partial charge in [0.1, 0.15) is 21.9 Å². The van der Waals surface area contributed by atoms with E-state index in [0.717, 1.165) is 17.5 Å². The third kappa shape index (κ3) is 4.04. The summed E-state index contributed by atoms with van der Waals surface area (Å²) < 4.78 is 95.1. The molecular formula is C19H13F5N4O4S2. The van der Waals surface area contributed by atoms with Crippen LogP contribution >= 0.6 is 11.3 Å². The smallest absolute Gasteiger partial charge is 0.354 e. The highest BCUT2D eigenvalue weighted by molar-refractivity contribution is 7.88. The number of hydrogen-bond donors (Lipinski definition) is 0. The largest absolute Gasteiger partial charge is 0.534 e. The number of fused-ring (bicyclic) bond motifs is 2. The Labute approximate surface area is 192 Å². The van der Waals surface area contributed by atoms with Gasteiger partial charge < -0.3 is 9.08 Å². The van der Waals surface area contributed by atoms with Crippen LogP contribution in [0.15, 0.2) is 30.4 Å². The maximum atomic E-state index is 14.6. The second-order valence-electron chi connectivity index (χ2n) is 6.95. The van der Waals surface area contributed by atoms with Crippen LogP contribution in [0, 0.1) is 5.82 Å². The first-order valence-electron chi connectivity index (χ1n) is 9.33. The fourth-order valence-corrected chi connectivity index (χ4v) is 4.73. The van der Waals surface area contributed by atoms with Crippen LogP contribution < -0.4 is 4.18 Å². The molecule has 0 aliphatic carbocycles. The summed E-state index contributed by atoms with van der Waals surface area (Å²) in [6.45, 7) is 4.08. The van der Waals surface area contributed by atoms with Crippen LogP contribution in [0.4, 0.5) is 22.0 Å². The topological polar surface area (TPSA) is 94.4 Å². The molecule has 0 atom stereocenters. The fraction of sp³-hybridized carbons (Fsp3) is 0.211. The van der Waals surface area contributed by atoms with E-state index in [1.807, 2.05) is 0 Å². The highest BCUT2D eigenvalue weighted by Gasteiger charge is 2.49. The quantitative estimate of drug-likeness (QED) is 0.219. The molecular weight excluding hydrogens is 507 g/mol. The van der Waals surface area contributed by atoms with E-state index < -0.39 is 27.3 Å². The monoisotopic (exact) mass is 520 g/mol. The van der Waals surface area contributed by atoms with Gasteiger partial charge in [0.2, 0.25) is 5.91 Å². The molecule has 15 heteroatoms. The van der Waals surface area contributed by atoms with Crippen molar-refractivity contribution in [3.8, 4) is 17.3 Å². The average Bonchev–Trinajstić information content (AvgIpc) is 3.37. The number of carbonyl (C=O) groups is 1. The molecule has 0 fully saturated rings. The normalized spacial score (nSPS) is 14.6. The molecule has 0 N–H and O–H groups in total. The van der Waals surface area contributed by atoms with Crippen molar-refractivity contribution in [1.82, 2.24) is 19.7 Å². The standard InChI is InChI=1S/C19H13F5N4O4S2/c1-2-14(29)27-5-6-28-10(8-27)7-13(26-28)16-11(3-4-20)15-12(21)9-33-17(15)18(25-16)32-34(30,31)19(22,23)24/h2-4,7,9H,1,5-6,8H2. The zero-order chi connectivity index (χ0) is 24.8. The van der Waals surface area contributed by atoms with Crippen LogP contribution in [0.1, 0.15) is 11.3 Å². The van der Waals surface area contributed by atoms with Crippen molar-refractivity contribution >= 4 is 43.5 Å². The van der Waals surface area contributed by atoms with E-state index in [-0.39, 0.29) is 52.4 Å². The molecule has 0 bridgehead atoms. The fourth-order valence-electron chi connectivity index (χ4n) is 3.40. The van der Waals surface area contributed by atoms with Crippen LogP contribution in [0.25, 0.3) is 27.6 Å². The minimum absolute atomic E-state index is 0.0160. The van der Waals surface area contributed by atoms with Gasteiger partial charge in [-0.2, -0.15) is 26.7 Å². The highest BCUT2D eigenvalue weighted by Crippen LogP contribution is 2.41. The molecule has 180 valence electrons. The third-order valence-electron chi connectivity index (χ3n) is 4.91. The predicted octanol–water partition coefficient (Wildman–Crippen LogP) is 4.00. The number of carbonyl (C=O) groups excluding carboxylic acids is 1. The molecule has 0 saturated carbocycles. The summed E-state index contributed by atoms with van der Waals surface area (Å²) in [5.74, 6) is -2.30. The first kappa shape index (κ1) is 23.8. The van der Waals surface area contributed by atoms with Gasteiger partial charge in [-0.3, -0.25) is 9.48 Å². The lowest BCUT2D eigenvalue weighted by Crippen LogP contribution is -2.37. The summed E-state index contributed by atoms with van der Waals surface area (Å²) in [6, 6.07) is 1.43. The molecule has 0 saturated heterocycles. The van der Waals surface area contributed by atoms with E-state index in [1.54, 1.807) is 0 Å². The molecule has 3 aromatic heterocycles. The zero-order valence-electron chi connectivity index (χ0n) is 16.8. The molecule has 0 spiro atoms. The molecule has 0 radical (unpaired) electrons. The molecule has 3 aromatic rings. The lowest BCUT2D eigenvalue weighted by molar-refractivity contribution is -0.127. The second-order valence-corrected chi connectivity index (χ2v) is 9.37. The van der Waals surface area contributed by atoms with Crippen molar-refractivity contribution in [2.24, 2.45) is 0 Å². The summed E-state index contributed by atoms with van der Waals surface area (Å²) in [5, 5.41) is 4.79. The Morgan fingerprint density at radius 3 is 2.68 bits per heavy atom. The van der Waals surface area contributed by atoms with Gasteiger partial charge in [-0.15, -0.1) is 11.3 Å². The van der Waals surface area contributed by atoms with Crippen molar-refractivity contribution in [3.63, 3.8) is 0 Å². The number of nitrogens with zero attached hydrogens (tertiary/aromatic N) is 4. The van der Waals surface area contributed by atoms with Crippen molar-refractivity contribution in [2.45, 2.75) is 18.6 Å². The number of alkyl halides is 3. The lowest BCUT2D eigenvalue weighted by atomic mass is 10.1. The van der Waals surface area contributed by atoms with Gasteiger partial charge in [-0.25, -0.2) is 13.8 Å². The van der Waals surface area contributed by atoms with Crippen molar-refractivity contribution in [2.75, 3.05) is 6.54 Å². The first-order valence-corrected chi connectivity index (χ1v) is 11.6. The van der Waals surface area contributed by atoms with Gasteiger partial charge >= 0.3 is 15.6 Å². The third-order valence-corrected chi connectivity index (χ3v) is 6.79. The van der Waals surface area contributed by atoms with Gasteiger partial charge in [0.25, 0.3) is 5.88 Å². The second kappa shape index (κ2) is 8.47. The maximum Gasteiger partial charge on any atom is 0.534 e. The summed E-state index contributed by atoms with van der Waals surface area (Å²) in [7, 11) is -6.13. The first-order chi connectivity index (χ1) is 16.0. The van der Waals surface area contributed by atoms with E-state index in [2.05, 4.69) is 20.8 Å². The Morgan fingerprint density at radius 2 is 2.03 bits per heavy atom. The van der Waals surface area contributed by atoms with Gasteiger partial charge in [-0.1, -0.05) is 6.58 Å². The highest BCUT2D eigenvalue weighted by atomic mass is 32.2. The minimum atomic E-state index is -6.13. The zero-order valence-corrected chi connectivity index (χ0v) is 18.5. The molecule has 34 heavy (non-hydrogen) atoms. The Kier molecular flexibility index (Phi) is 5.93. The van der Waals surface area contributed by atoms with Crippen molar-refractivity contribution in [3.05, 3.63) is 47.5 Å². The Bertz CT molecular complexity index is 1440. The van der Waals surface area contributed by atoms with Crippen LogP contribution in [-0.4, -0.2) is 46.0 Å². The molecule has 4 rings (SSSR count). The molecule has 8 nitrogen and oxygen atoms in total. The summed E-state index contributed by atoms with van der Waals surface area (Å²) in [4.78, 5) is 17.3. The van der Waals surface area contributed by atoms with Gasteiger partial charge in [0.05, 0.1) is 25.1 Å². The predicted molar refractivity (Wildman–Crippen MR) is 112 cm³/mol. The maximum absolute atomic E-state index is 14.6. The van der Waals surface area contributed by atoms with Crippen LogP contribution in [0.5, 0.6) is 5.88 Å². The van der Waals surface area contributed by atoms with Gasteiger partial charge in [0, 0.05) is 22.9 Å². The Balaban J connectivity index is 1.91. The van der Waals surface area contributed by atoms with Gasteiger partial charge in [-0.05, 0) is 18.2 Å². The summed E-state index contributed by atoms with van der Waals surface area (Å²) in [5.41, 5.74) is -5.76. The molecule has 0 unspecified atom stereocenters. The lowest BCUT2D eigenvalue weighted by Gasteiger charge is -2.26. The molecule has 1 amide bonds. The number of rotatable bonds is 5. The number of aromatic nitrogens is 3. The van der Waals surface area contributed by atoms with E-state index in [9.17, 15) is 35.2 Å². The Morgan fingerprint density at radius 1 is 1.29 bits per heavy atom. The van der Waals surface area contributed by atoms with E-state index >= 15 is 0 Å². The van der Waals surface area contributed by atoms with E-state index in [4.69, 9.17) is 0 Å².